The van der Waals surface area contributed by atoms with Gasteiger partial charge in [-0.15, -0.1) is 0 Å². The number of fused-ring (bicyclic) bond motifs is 1. The fraction of sp³-hybridized carbons (Fsp3) is 0.150. The van der Waals surface area contributed by atoms with Crippen molar-refractivity contribution in [3.05, 3.63) is 72.3 Å². The van der Waals surface area contributed by atoms with Gasteiger partial charge >= 0.3 is 0 Å². The monoisotopic (exact) mass is 345 g/mol. The average molecular weight is 345 g/mol. The van der Waals surface area contributed by atoms with Gasteiger partial charge in [-0.2, -0.15) is 0 Å². The van der Waals surface area contributed by atoms with E-state index >= 15 is 0 Å². The van der Waals surface area contributed by atoms with Crippen LogP contribution in [-0.4, -0.2) is 32.1 Å². The molecule has 0 bridgehead atoms. The number of anilines is 1. The molecule has 1 aromatic carbocycles. The number of hydrogen-bond acceptors (Lipinski definition) is 5. The summed E-state index contributed by atoms with van der Waals surface area (Å²) >= 11 is 0. The summed E-state index contributed by atoms with van der Waals surface area (Å²) in [5, 5.41) is 10.2. The minimum atomic E-state index is 0.0434. The molecule has 2 N–H and O–H groups in total. The van der Waals surface area contributed by atoms with E-state index in [2.05, 4.69) is 30.9 Å². The third-order valence-corrected chi connectivity index (χ3v) is 4.36. The molecule has 4 rings (SSSR count). The largest absolute Gasteiger partial charge is 0.392 e. The molecule has 130 valence electrons. The van der Waals surface area contributed by atoms with Crippen molar-refractivity contribution >= 4 is 16.9 Å². The second-order valence-electron chi connectivity index (χ2n) is 6.21. The Balaban J connectivity index is 1.68. The van der Waals surface area contributed by atoms with Gasteiger partial charge in [-0.25, -0.2) is 9.97 Å². The van der Waals surface area contributed by atoms with Crippen LogP contribution >= 0.6 is 0 Å². The van der Waals surface area contributed by atoms with Crippen molar-refractivity contribution in [2.24, 2.45) is 0 Å². The fourth-order valence-corrected chi connectivity index (χ4v) is 3.02. The first-order valence-corrected chi connectivity index (χ1v) is 8.38. The van der Waals surface area contributed by atoms with Crippen LogP contribution in [0.4, 0.5) is 5.82 Å². The highest BCUT2D eigenvalue weighted by Crippen LogP contribution is 2.29. The van der Waals surface area contributed by atoms with Gasteiger partial charge in [0.2, 0.25) is 0 Å². The number of hydrogen-bond donors (Lipinski definition) is 2. The summed E-state index contributed by atoms with van der Waals surface area (Å²) in [5.74, 6) is 0.869. The van der Waals surface area contributed by atoms with Crippen LogP contribution in [0.2, 0.25) is 0 Å². The summed E-state index contributed by atoms with van der Waals surface area (Å²) in [4.78, 5) is 18.5. The summed E-state index contributed by atoms with van der Waals surface area (Å²) in [7, 11) is 2.01. The van der Waals surface area contributed by atoms with Crippen LogP contribution < -0.4 is 4.90 Å². The van der Waals surface area contributed by atoms with Crippen LogP contribution in [0.5, 0.6) is 0 Å². The second kappa shape index (κ2) is 6.93. The van der Waals surface area contributed by atoms with Crippen molar-refractivity contribution in [2.45, 2.75) is 13.2 Å². The number of aromatic amines is 1. The molecule has 26 heavy (non-hydrogen) atoms. The average Bonchev–Trinajstić information content (AvgIpc) is 3.13. The Morgan fingerprint density at radius 2 is 1.92 bits per heavy atom. The Kier molecular flexibility index (Phi) is 4.33. The molecule has 4 aromatic rings. The van der Waals surface area contributed by atoms with Crippen LogP contribution in [0.3, 0.4) is 0 Å². The van der Waals surface area contributed by atoms with E-state index in [0.717, 1.165) is 39.2 Å². The Hall–Kier alpha value is -3.25. The maximum atomic E-state index is 9.20. The first kappa shape index (κ1) is 16.2. The molecule has 3 aromatic heterocycles. The maximum Gasteiger partial charge on any atom is 0.143 e. The summed E-state index contributed by atoms with van der Waals surface area (Å²) in [6.45, 7) is 0.757. The minimum absolute atomic E-state index is 0.0434. The molecule has 0 saturated carbocycles. The van der Waals surface area contributed by atoms with Gasteiger partial charge in [0.25, 0.3) is 0 Å². The molecule has 0 unspecified atom stereocenters. The zero-order chi connectivity index (χ0) is 17.9. The van der Waals surface area contributed by atoms with E-state index in [1.165, 1.54) is 0 Å². The lowest BCUT2D eigenvalue weighted by Gasteiger charge is -2.18. The van der Waals surface area contributed by atoms with Gasteiger partial charge in [-0.05, 0) is 28.8 Å². The molecule has 0 radical (unpaired) electrons. The van der Waals surface area contributed by atoms with E-state index in [1.54, 1.807) is 12.5 Å². The van der Waals surface area contributed by atoms with Gasteiger partial charge in [0.15, 0.2) is 0 Å². The molecule has 0 spiro atoms. The predicted octanol–water partition coefficient (Wildman–Crippen LogP) is 3.15. The normalized spacial score (nSPS) is 11.0. The first-order valence-electron chi connectivity index (χ1n) is 8.38. The molecule has 0 atom stereocenters. The summed E-state index contributed by atoms with van der Waals surface area (Å²) in [6.07, 6.45) is 5.21. The standard InChI is InChI=1S/C20H19N5O/c1-25(11-15-3-2-8-21-10-15)20-17-9-18(24-19(17)22-13-23-20)16-6-4-14(12-26)5-7-16/h2-10,13,26H,11-12H2,1H3,(H,22,23,24). The Morgan fingerprint density at radius 3 is 2.65 bits per heavy atom. The number of nitrogens with zero attached hydrogens (tertiary/aromatic N) is 4. The lowest BCUT2D eigenvalue weighted by Crippen LogP contribution is -2.18. The third-order valence-electron chi connectivity index (χ3n) is 4.36. The van der Waals surface area contributed by atoms with Crippen LogP contribution in [0, 0.1) is 0 Å². The van der Waals surface area contributed by atoms with Crippen molar-refractivity contribution < 1.29 is 5.11 Å². The molecule has 0 aliphatic carbocycles. The van der Waals surface area contributed by atoms with Crippen LogP contribution in [0.25, 0.3) is 22.3 Å². The van der Waals surface area contributed by atoms with E-state index in [9.17, 15) is 5.11 Å². The van der Waals surface area contributed by atoms with Crippen LogP contribution in [-0.2, 0) is 13.2 Å². The van der Waals surface area contributed by atoms with Crippen molar-refractivity contribution in [3.63, 3.8) is 0 Å². The van der Waals surface area contributed by atoms with Gasteiger partial charge in [-0.1, -0.05) is 30.3 Å². The van der Waals surface area contributed by atoms with E-state index in [-0.39, 0.29) is 6.61 Å². The Morgan fingerprint density at radius 1 is 1.08 bits per heavy atom. The molecule has 0 amide bonds. The minimum Gasteiger partial charge on any atom is -0.392 e. The van der Waals surface area contributed by atoms with Gasteiger partial charge in [0.1, 0.15) is 17.8 Å². The Labute approximate surface area is 151 Å². The van der Waals surface area contributed by atoms with Gasteiger partial charge < -0.3 is 15.0 Å². The van der Waals surface area contributed by atoms with Gasteiger partial charge in [0.05, 0.1) is 12.0 Å². The molecule has 0 aliphatic heterocycles. The SMILES string of the molecule is CN(Cc1cccnc1)c1ncnc2[nH]c(-c3ccc(CO)cc3)cc12. The highest BCUT2D eigenvalue weighted by Gasteiger charge is 2.13. The lowest BCUT2D eigenvalue weighted by molar-refractivity contribution is 0.282. The molecular formula is C20H19N5O. The van der Waals surface area contributed by atoms with Crippen LogP contribution in [0.15, 0.2) is 61.2 Å². The number of aliphatic hydroxyl groups is 1. The van der Waals surface area contributed by atoms with Gasteiger partial charge in [-0.3, -0.25) is 4.98 Å². The van der Waals surface area contributed by atoms with E-state index in [1.807, 2.05) is 49.6 Å². The number of pyridine rings is 1. The third kappa shape index (κ3) is 3.14. The highest BCUT2D eigenvalue weighted by molar-refractivity contribution is 5.91. The number of aromatic nitrogens is 4. The highest BCUT2D eigenvalue weighted by atomic mass is 16.3. The summed E-state index contributed by atoms with van der Waals surface area (Å²) in [5.41, 5.74) is 4.83. The number of benzene rings is 1. The summed E-state index contributed by atoms with van der Waals surface area (Å²) < 4.78 is 0. The summed E-state index contributed by atoms with van der Waals surface area (Å²) in [6, 6.07) is 13.9. The van der Waals surface area contributed by atoms with E-state index < -0.39 is 0 Å². The van der Waals surface area contributed by atoms with E-state index in [0.29, 0.717) is 6.54 Å². The molecule has 6 heteroatoms. The molecule has 6 nitrogen and oxygen atoms in total. The molecule has 0 aliphatic rings. The number of rotatable bonds is 5. The number of aliphatic hydroxyl groups excluding tert-OH is 1. The zero-order valence-corrected chi connectivity index (χ0v) is 14.4. The van der Waals surface area contributed by atoms with Gasteiger partial charge in [0, 0.05) is 31.7 Å². The smallest absolute Gasteiger partial charge is 0.143 e. The van der Waals surface area contributed by atoms with Crippen molar-refractivity contribution in [2.75, 3.05) is 11.9 Å². The van der Waals surface area contributed by atoms with E-state index in [4.69, 9.17) is 0 Å². The molecular weight excluding hydrogens is 326 g/mol. The number of H-pyrrole nitrogens is 1. The van der Waals surface area contributed by atoms with Crippen molar-refractivity contribution in [1.29, 1.82) is 0 Å². The predicted molar refractivity (Wildman–Crippen MR) is 102 cm³/mol. The topological polar surface area (TPSA) is 77.9 Å². The first-order chi connectivity index (χ1) is 12.7. The molecule has 0 fully saturated rings. The fourth-order valence-electron chi connectivity index (χ4n) is 3.02. The number of nitrogens with one attached hydrogen (secondary N) is 1. The molecule has 0 saturated heterocycles. The van der Waals surface area contributed by atoms with Crippen molar-refractivity contribution in [1.82, 2.24) is 19.9 Å². The maximum absolute atomic E-state index is 9.20. The lowest BCUT2D eigenvalue weighted by atomic mass is 10.1. The van der Waals surface area contributed by atoms with Crippen molar-refractivity contribution in [3.8, 4) is 11.3 Å². The van der Waals surface area contributed by atoms with Crippen LogP contribution in [0.1, 0.15) is 11.1 Å². The zero-order valence-electron chi connectivity index (χ0n) is 14.4. The quantitative estimate of drug-likeness (QED) is 0.581. The second-order valence-corrected chi connectivity index (χ2v) is 6.21. The Bertz CT molecular complexity index is 1010. The molecule has 3 heterocycles.